The van der Waals surface area contributed by atoms with E-state index in [1.807, 2.05) is 12.1 Å². The van der Waals surface area contributed by atoms with E-state index in [2.05, 4.69) is 12.1 Å². The van der Waals surface area contributed by atoms with E-state index in [1.54, 1.807) is 0 Å². The highest BCUT2D eigenvalue weighted by Gasteiger charge is 2.43. The van der Waals surface area contributed by atoms with Gasteiger partial charge in [-0.2, -0.15) is 0 Å². The monoisotopic (exact) mass is 241 g/mol. The number of hydrogen-bond donors (Lipinski definition) is 1. The molecule has 0 aliphatic heterocycles. The Morgan fingerprint density at radius 1 is 1.38 bits per heavy atom. The third-order valence-electron chi connectivity index (χ3n) is 3.19. The molecule has 0 bridgehead atoms. The number of hydrogen-bond acceptors (Lipinski definition) is 3. The molecule has 0 aromatic heterocycles. The SMILES string of the molecule is COC(=O)C1(CN)Cc2ccccc2C1.Cl. The number of carbonyl (C=O) groups excluding carboxylic acids is 1. The Bertz CT molecular complexity index is 367. The van der Waals surface area contributed by atoms with Crippen LogP contribution in [0.15, 0.2) is 24.3 Å². The number of carbonyl (C=O) groups is 1. The third kappa shape index (κ3) is 1.93. The predicted molar refractivity (Wildman–Crippen MR) is 64.6 cm³/mol. The summed E-state index contributed by atoms with van der Waals surface area (Å²) in [4.78, 5) is 11.7. The topological polar surface area (TPSA) is 52.3 Å². The number of methoxy groups -OCH3 is 1. The van der Waals surface area contributed by atoms with E-state index in [9.17, 15) is 4.79 Å². The maximum atomic E-state index is 11.7. The molecule has 0 atom stereocenters. The first-order valence-corrected chi connectivity index (χ1v) is 5.07. The van der Waals surface area contributed by atoms with E-state index in [0.717, 1.165) is 0 Å². The zero-order valence-corrected chi connectivity index (χ0v) is 10.0. The summed E-state index contributed by atoms with van der Waals surface area (Å²) in [7, 11) is 1.42. The molecule has 2 rings (SSSR count). The molecule has 0 spiro atoms. The van der Waals surface area contributed by atoms with E-state index < -0.39 is 5.41 Å². The van der Waals surface area contributed by atoms with E-state index >= 15 is 0 Å². The lowest BCUT2D eigenvalue weighted by Gasteiger charge is -2.23. The summed E-state index contributed by atoms with van der Waals surface area (Å²) in [5, 5.41) is 0. The molecule has 3 nitrogen and oxygen atoms in total. The van der Waals surface area contributed by atoms with E-state index in [0.29, 0.717) is 19.4 Å². The van der Waals surface area contributed by atoms with Gasteiger partial charge in [-0.05, 0) is 24.0 Å². The van der Waals surface area contributed by atoms with Crippen LogP contribution in [0.1, 0.15) is 11.1 Å². The minimum Gasteiger partial charge on any atom is -0.469 e. The molecular weight excluding hydrogens is 226 g/mol. The highest BCUT2D eigenvalue weighted by molar-refractivity contribution is 5.85. The molecule has 0 saturated heterocycles. The van der Waals surface area contributed by atoms with Gasteiger partial charge in [-0.1, -0.05) is 24.3 Å². The smallest absolute Gasteiger partial charge is 0.313 e. The van der Waals surface area contributed by atoms with Gasteiger partial charge in [0.05, 0.1) is 12.5 Å². The summed E-state index contributed by atoms with van der Waals surface area (Å²) < 4.78 is 4.84. The second-order valence-corrected chi connectivity index (χ2v) is 4.10. The van der Waals surface area contributed by atoms with Crippen LogP contribution >= 0.6 is 12.4 Å². The first-order valence-electron chi connectivity index (χ1n) is 5.07. The molecule has 1 aliphatic carbocycles. The average Bonchev–Trinajstić information content (AvgIpc) is 2.67. The first kappa shape index (κ1) is 13.0. The second kappa shape index (κ2) is 4.85. The molecule has 0 radical (unpaired) electrons. The maximum absolute atomic E-state index is 11.7. The normalized spacial score (nSPS) is 16.1. The second-order valence-electron chi connectivity index (χ2n) is 4.10. The van der Waals surface area contributed by atoms with Gasteiger partial charge in [0.25, 0.3) is 0 Å². The first-order chi connectivity index (χ1) is 7.22. The molecule has 88 valence electrons. The van der Waals surface area contributed by atoms with Crippen LogP contribution in [0.5, 0.6) is 0 Å². The molecule has 1 aliphatic rings. The van der Waals surface area contributed by atoms with Gasteiger partial charge < -0.3 is 10.5 Å². The Balaban J connectivity index is 0.00000128. The number of rotatable bonds is 2. The molecule has 4 heteroatoms. The number of halogens is 1. The Kier molecular flexibility index (Phi) is 3.94. The van der Waals surface area contributed by atoms with E-state index in [1.165, 1.54) is 18.2 Å². The predicted octanol–water partition coefficient (Wildman–Crippen LogP) is 1.33. The Morgan fingerprint density at radius 3 is 2.25 bits per heavy atom. The average molecular weight is 242 g/mol. The minimum atomic E-state index is -0.529. The van der Waals surface area contributed by atoms with Crippen LogP contribution in [0.4, 0.5) is 0 Å². The molecule has 0 amide bonds. The summed E-state index contributed by atoms with van der Waals surface area (Å²) in [5.41, 5.74) is 7.63. The Hall–Kier alpha value is -1.06. The fraction of sp³-hybridized carbons (Fsp3) is 0.417. The van der Waals surface area contributed by atoms with E-state index in [-0.39, 0.29) is 18.4 Å². The summed E-state index contributed by atoms with van der Waals surface area (Å²) in [6.07, 6.45) is 1.40. The van der Waals surface area contributed by atoms with Crippen LogP contribution in [0, 0.1) is 5.41 Å². The highest BCUT2D eigenvalue weighted by atomic mass is 35.5. The zero-order valence-electron chi connectivity index (χ0n) is 9.23. The van der Waals surface area contributed by atoms with Crippen LogP contribution in [0.2, 0.25) is 0 Å². The quantitative estimate of drug-likeness (QED) is 0.795. The number of fused-ring (bicyclic) bond motifs is 1. The molecule has 0 unspecified atom stereocenters. The Labute approximate surface area is 101 Å². The molecule has 0 heterocycles. The number of benzene rings is 1. The summed E-state index contributed by atoms with van der Waals surface area (Å²) in [6.45, 7) is 0.342. The molecule has 1 aromatic carbocycles. The van der Waals surface area contributed by atoms with Gasteiger partial charge in [-0.15, -0.1) is 12.4 Å². The van der Waals surface area contributed by atoms with Crippen molar-refractivity contribution in [1.82, 2.24) is 0 Å². The van der Waals surface area contributed by atoms with Crippen LogP contribution in [-0.2, 0) is 22.4 Å². The number of nitrogens with two attached hydrogens (primary N) is 1. The highest BCUT2D eigenvalue weighted by Crippen LogP contribution is 2.37. The summed E-state index contributed by atoms with van der Waals surface area (Å²) in [6, 6.07) is 8.08. The molecule has 2 N–H and O–H groups in total. The van der Waals surface area contributed by atoms with Gasteiger partial charge in [-0.3, -0.25) is 4.79 Å². The van der Waals surface area contributed by atoms with Crippen LogP contribution < -0.4 is 5.73 Å². The van der Waals surface area contributed by atoms with Crippen LogP contribution in [0.25, 0.3) is 0 Å². The number of ether oxygens (including phenoxy) is 1. The fourth-order valence-corrected chi connectivity index (χ4v) is 2.28. The maximum Gasteiger partial charge on any atom is 0.313 e. The molecular formula is C12H16ClNO2. The molecule has 0 saturated carbocycles. The van der Waals surface area contributed by atoms with Crippen molar-refractivity contribution in [2.24, 2.45) is 11.1 Å². The molecule has 1 aromatic rings. The molecule has 16 heavy (non-hydrogen) atoms. The van der Waals surface area contributed by atoms with Gasteiger partial charge in [0.15, 0.2) is 0 Å². The van der Waals surface area contributed by atoms with Crippen LogP contribution in [-0.4, -0.2) is 19.6 Å². The lowest BCUT2D eigenvalue weighted by molar-refractivity contribution is -0.151. The summed E-state index contributed by atoms with van der Waals surface area (Å²) >= 11 is 0. The van der Waals surface area contributed by atoms with Crippen molar-refractivity contribution < 1.29 is 9.53 Å². The van der Waals surface area contributed by atoms with Gasteiger partial charge in [-0.25, -0.2) is 0 Å². The van der Waals surface area contributed by atoms with Gasteiger partial charge in [0.2, 0.25) is 0 Å². The Morgan fingerprint density at radius 2 is 1.88 bits per heavy atom. The van der Waals surface area contributed by atoms with Crippen LogP contribution in [0.3, 0.4) is 0 Å². The lowest BCUT2D eigenvalue weighted by atomic mass is 9.85. The zero-order chi connectivity index (χ0) is 10.9. The van der Waals surface area contributed by atoms with Crippen molar-refractivity contribution in [2.45, 2.75) is 12.8 Å². The molecule has 0 fully saturated rings. The number of esters is 1. The van der Waals surface area contributed by atoms with Gasteiger partial charge >= 0.3 is 5.97 Å². The van der Waals surface area contributed by atoms with Gasteiger partial charge in [0.1, 0.15) is 0 Å². The summed E-state index contributed by atoms with van der Waals surface area (Å²) in [5.74, 6) is -0.193. The fourth-order valence-electron chi connectivity index (χ4n) is 2.28. The lowest BCUT2D eigenvalue weighted by Crippen LogP contribution is -2.40. The van der Waals surface area contributed by atoms with Crippen molar-refractivity contribution in [3.8, 4) is 0 Å². The van der Waals surface area contributed by atoms with Crippen molar-refractivity contribution in [2.75, 3.05) is 13.7 Å². The standard InChI is InChI=1S/C12H15NO2.ClH/c1-15-11(14)12(8-13)6-9-4-2-3-5-10(9)7-12;/h2-5H,6-8,13H2,1H3;1H. The van der Waals surface area contributed by atoms with Crippen molar-refractivity contribution in [1.29, 1.82) is 0 Å². The van der Waals surface area contributed by atoms with Crippen molar-refractivity contribution >= 4 is 18.4 Å². The van der Waals surface area contributed by atoms with Crippen molar-refractivity contribution in [3.63, 3.8) is 0 Å². The van der Waals surface area contributed by atoms with E-state index in [4.69, 9.17) is 10.5 Å². The largest absolute Gasteiger partial charge is 0.469 e. The van der Waals surface area contributed by atoms with Crippen molar-refractivity contribution in [3.05, 3.63) is 35.4 Å². The van der Waals surface area contributed by atoms with Gasteiger partial charge in [0, 0.05) is 6.54 Å². The third-order valence-corrected chi connectivity index (χ3v) is 3.19. The minimum absolute atomic E-state index is 0.